The third-order valence-corrected chi connectivity index (χ3v) is 21.1. The van der Waals surface area contributed by atoms with Crippen LogP contribution in [0.5, 0.6) is 0 Å². The minimum atomic E-state index is -3.71. The van der Waals surface area contributed by atoms with Gasteiger partial charge in [0.2, 0.25) is 0 Å². The van der Waals surface area contributed by atoms with Crippen molar-refractivity contribution in [2.45, 2.75) is 209 Å². The minimum absolute atomic E-state index is 0. The van der Waals surface area contributed by atoms with E-state index in [1.165, 1.54) is 68.1 Å². The molecule has 2 N–H and O–H groups in total. The summed E-state index contributed by atoms with van der Waals surface area (Å²) >= 11 is 0. The molecule has 5 heterocycles. The van der Waals surface area contributed by atoms with Crippen LogP contribution in [0.2, 0.25) is 0 Å². The largest absolute Gasteiger partial charge is 2.00 e. The zero-order valence-corrected chi connectivity index (χ0v) is 64.8. The number of hydrogen-bond acceptors (Lipinski definition) is 16. The van der Waals surface area contributed by atoms with Crippen LogP contribution >= 0.6 is 0 Å². The van der Waals surface area contributed by atoms with Crippen molar-refractivity contribution in [2.24, 2.45) is 17.8 Å². The number of sulfone groups is 1. The van der Waals surface area contributed by atoms with Gasteiger partial charge in [-0.05, 0) is 168 Å². The van der Waals surface area contributed by atoms with Gasteiger partial charge in [-0.3, -0.25) is 0 Å². The van der Waals surface area contributed by atoms with Crippen LogP contribution in [0.25, 0.3) is 89.7 Å². The molecule has 21 heteroatoms. The molecule has 0 spiro atoms. The second-order valence-corrected chi connectivity index (χ2v) is 30.1. The maximum atomic E-state index is 14.2. The van der Waals surface area contributed by atoms with Gasteiger partial charge in [0.25, 0.3) is 0 Å². The molecule has 102 heavy (non-hydrogen) atoms. The van der Waals surface area contributed by atoms with Crippen molar-refractivity contribution in [1.82, 2.24) is 50.5 Å². The molecule has 0 amide bonds. The van der Waals surface area contributed by atoms with Gasteiger partial charge in [0.05, 0.1) is 33.9 Å². The van der Waals surface area contributed by atoms with E-state index in [9.17, 15) is 8.42 Å². The van der Waals surface area contributed by atoms with Crippen LogP contribution in [0.4, 0.5) is 0 Å². The molecule has 3 atom stereocenters. The van der Waals surface area contributed by atoms with Gasteiger partial charge in [0, 0.05) is 97.6 Å². The molecule has 18 nitrogen and oxygen atoms in total. The third kappa shape index (κ3) is 23.7. The molecule has 10 rings (SSSR count). The minimum Gasteiger partial charge on any atom is -0.381 e. The molecule has 8 aromatic rings. The first-order valence-corrected chi connectivity index (χ1v) is 40.0. The molecule has 3 unspecified atom stereocenters. The average molecular weight is 1480 g/mol. The normalized spacial score (nSPS) is 12.7. The molecule has 2 aliphatic heterocycles. The molecule has 0 aliphatic carbocycles. The Bertz CT molecular complexity index is 4310. The second kappa shape index (κ2) is 42.3. The zero-order chi connectivity index (χ0) is 72.3. The molecule has 0 fully saturated rings. The molecule has 2 aliphatic rings. The number of nitrogens with zero attached hydrogens (tertiary/aromatic N) is 8. The van der Waals surface area contributed by atoms with Crippen LogP contribution in [-0.4, -0.2) is 109 Å². The van der Waals surface area contributed by atoms with E-state index in [4.69, 9.17) is 66.7 Å². The van der Waals surface area contributed by atoms with Gasteiger partial charge in [-0.25, -0.2) is 18.4 Å². The predicted molar refractivity (Wildman–Crippen MR) is 409 cm³/mol. The maximum Gasteiger partial charge on any atom is 2.00 e. The second-order valence-electron chi connectivity index (χ2n) is 27.6. The van der Waals surface area contributed by atoms with E-state index in [2.05, 4.69) is 135 Å². The quantitative estimate of drug-likeness (QED) is 0.0270. The molecule has 1 radical (unpaired) electrons. The van der Waals surface area contributed by atoms with Crippen molar-refractivity contribution in [1.29, 1.82) is 0 Å². The van der Waals surface area contributed by atoms with E-state index < -0.39 is 20.4 Å². The van der Waals surface area contributed by atoms with Crippen molar-refractivity contribution in [2.75, 3.05) is 58.5 Å². The SMILES string of the molecule is CCCCC(CC)COCCCCS(=O)(=O)c1ccc2c3nc4nc(nc5[n-]c(nc6nc(nc([n-]3)c2c1)-c1ccc(CNCCCOCC(CC)CCCC)cc1-6)c1ccccc51)-c1ccc(CNCCCOCC(CC)CCCC)cc1-4.Cc1c(C(C)C)cccc1C(C)C.O=S(=O)=O.[Cu+2]. The average Bonchev–Trinajstić information content (AvgIpc) is 1.60. The fraction of sp³-hybridized carbons (Fsp3) is 0.531. The Balaban J connectivity index is 0.000000714. The Morgan fingerprint density at radius 3 is 1.25 bits per heavy atom. The van der Waals surface area contributed by atoms with Crippen molar-refractivity contribution < 1.29 is 52.3 Å². The van der Waals surface area contributed by atoms with Crippen LogP contribution in [0.3, 0.4) is 0 Å². The summed E-state index contributed by atoms with van der Waals surface area (Å²) in [7, 11) is -6.82. The Kier molecular flexibility index (Phi) is 34.3. The maximum absolute atomic E-state index is 14.2. The Morgan fingerprint density at radius 2 is 0.843 bits per heavy atom. The number of benzene rings is 5. The fourth-order valence-electron chi connectivity index (χ4n) is 13.1. The number of fused-ring (bicyclic) bond motifs is 20. The van der Waals surface area contributed by atoms with Crippen LogP contribution in [0.15, 0.2) is 102 Å². The van der Waals surface area contributed by atoms with Gasteiger partial charge < -0.3 is 54.7 Å². The van der Waals surface area contributed by atoms with Gasteiger partial charge >= 0.3 is 27.7 Å². The molecule has 5 aromatic carbocycles. The number of nitrogens with one attached hydrogen (secondary N) is 2. The van der Waals surface area contributed by atoms with Gasteiger partial charge in [0.15, 0.2) is 9.84 Å². The van der Waals surface area contributed by atoms with Crippen LogP contribution < -0.4 is 20.6 Å². The van der Waals surface area contributed by atoms with E-state index in [-0.39, 0.29) is 27.7 Å². The summed E-state index contributed by atoms with van der Waals surface area (Å²) in [6, 6.07) is 32.3. The third-order valence-electron chi connectivity index (χ3n) is 19.3. The Morgan fingerprint density at radius 1 is 0.451 bits per heavy atom. The topological polar surface area (TPSA) is 243 Å². The van der Waals surface area contributed by atoms with Crippen LogP contribution in [0, 0.1) is 24.7 Å². The molecule has 8 bridgehead atoms. The number of ether oxygens (including phenoxy) is 3. The summed E-state index contributed by atoms with van der Waals surface area (Å²) < 4.78 is 72.0. The predicted octanol–water partition coefficient (Wildman–Crippen LogP) is 17.6. The summed E-state index contributed by atoms with van der Waals surface area (Å²) in [4.78, 5) is 41.6. The number of unbranched alkanes of at least 4 members (excludes halogenated alkanes) is 4. The molecule has 3 aromatic heterocycles. The fourth-order valence-corrected chi connectivity index (χ4v) is 14.5. The number of hydrogen-bond donors (Lipinski definition) is 2. The monoisotopic (exact) mass is 1480 g/mol. The van der Waals surface area contributed by atoms with Crippen molar-refractivity contribution >= 4 is 64.6 Å². The summed E-state index contributed by atoms with van der Waals surface area (Å²) in [6.07, 6.45) is 17.2. The molecule has 0 saturated carbocycles. The number of rotatable bonds is 38. The molecule has 555 valence electrons. The smallest absolute Gasteiger partial charge is 0.381 e. The Labute approximate surface area is 618 Å². The zero-order valence-electron chi connectivity index (χ0n) is 62.2. The van der Waals surface area contributed by atoms with E-state index in [1.54, 1.807) is 18.2 Å². The summed E-state index contributed by atoms with van der Waals surface area (Å²) in [5, 5.41) is 10.1. The first-order valence-electron chi connectivity index (χ1n) is 37.3. The van der Waals surface area contributed by atoms with Gasteiger partial charge in [0.1, 0.15) is 0 Å². The van der Waals surface area contributed by atoms with E-state index in [1.807, 2.05) is 30.3 Å². The summed E-state index contributed by atoms with van der Waals surface area (Å²) in [5.74, 6) is 4.78. The van der Waals surface area contributed by atoms with Crippen molar-refractivity contribution in [3.05, 3.63) is 125 Å². The number of aromatic nitrogens is 8. The standard InChI is InChI=1S/C68H90N10O5S.C13H20.Cu.O3S/c1-7-13-22-47(10-4)44-81-35-18-19-38-84(79,80)52-29-32-57-60(41-52)68-77-64-56-31-28-51(43-70-34-21-37-83-46-49(12-6)24-15-9-3)40-59(56)66(75-64)73-62-54-26-17-16-25-53(54)61(71-62)72-63-55-30-27-50(39-58(55)67(74-63)76-65(57)78-68)42-69-33-20-36-82-45-48(11-5)23-14-8-2;1-9(2)12-7-6-8-13(10(3)4)11(12)5;;1-4(2)3/h16-17,25-32,39-41,47-49,69-70H,7-15,18-24,33-38,42-46H2,1-6H3;6-10H,1-5H3;;/q-2;;+2;. The van der Waals surface area contributed by atoms with Gasteiger partial charge in [-0.15, -0.1) is 12.6 Å². The van der Waals surface area contributed by atoms with E-state index >= 15 is 0 Å². The first-order chi connectivity index (χ1) is 48.9. The first kappa shape index (κ1) is 82.6. The molecule has 0 saturated heterocycles. The molecular weight excluding hydrogens is 1370 g/mol. The van der Waals surface area contributed by atoms with Crippen LogP contribution in [-0.2, 0) is 64.8 Å². The summed E-state index contributed by atoms with van der Waals surface area (Å²) in [5.41, 5.74) is 11.4. The van der Waals surface area contributed by atoms with Gasteiger partial charge in [-0.1, -0.05) is 200 Å². The Hall–Kier alpha value is -6.65. The van der Waals surface area contributed by atoms with Gasteiger partial charge in [-0.2, -0.15) is 0 Å². The van der Waals surface area contributed by atoms with E-state index in [0.717, 1.165) is 122 Å². The van der Waals surface area contributed by atoms with E-state index in [0.29, 0.717) is 125 Å². The van der Waals surface area contributed by atoms with Crippen molar-refractivity contribution in [3.8, 4) is 45.6 Å². The van der Waals surface area contributed by atoms with Crippen LogP contribution in [0.1, 0.15) is 212 Å². The van der Waals surface area contributed by atoms with Crippen molar-refractivity contribution in [3.63, 3.8) is 0 Å². The molecular formula is C81H110CuN10O8S2. The summed E-state index contributed by atoms with van der Waals surface area (Å²) in [6.45, 7) is 31.9.